The maximum Gasteiger partial charge on any atom is 0.145 e. The van der Waals surface area contributed by atoms with Gasteiger partial charge in [0.25, 0.3) is 0 Å². The molecule has 0 spiro atoms. The first-order chi connectivity index (χ1) is 11.2. The van der Waals surface area contributed by atoms with Crippen LogP contribution in [0.2, 0.25) is 0 Å². The highest BCUT2D eigenvalue weighted by Crippen LogP contribution is 2.36. The number of nitriles is 1. The lowest BCUT2D eigenvalue weighted by atomic mass is 9.83. The molecule has 0 saturated heterocycles. The van der Waals surface area contributed by atoms with Crippen LogP contribution in [0.3, 0.4) is 0 Å². The fourth-order valence-corrected chi connectivity index (χ4v) is 4.21. The third kappa shape index (κ3) is 2.33. The van der Waals surface area contributed by atoms with Crippen LogP contribution in [-0.4, -0.2) is 18.5 Å². The Morgan fingerprint density at radius 3 is 2.96 bits per heavy atom. The molecule has 1 aliphatic rings. The van der Waals surface area contributed by atoms with E-state index in [1.54, 1.807) is 17.4 Å². The van der Waals surface area contributed by atoms with Crippen LogP contribution in [0.1, 0.15) is 28.2 Å². The van der Waals surface area contributed by atoms with Gasteiger partial charge in [-0.1, -0.05) is 12.1 Å². The minimum Gasteiger partial charge on any atom is -0.301 e. The summed E-state index contributed by atoms with van der Waals surface area (Å²) < 4.78 is 15.8. The number of hydrogen-bond donors (Lipinski definition) is 0. The van der Waals surface area contributed by atoms with Gasteiger partial charge in [0.15, 0.2) is 0 Å². The smallest absolute Gasteiger partial charge is 0.145 e. The number of halogens is 1. The average molecular weight is 322 g/mol. The molecular weight excluding hydrogens is 307 g/mol. The van der Waals surface area contributed by atoms with Gasteiger partial charge in [-0.2, -0.15) is 5.26 Å². The second kappa shape index (κ2) is 5.45. The van der Waals surface area contributed by atoms with E-state index in [4.69, 9.17) is 5.26 Å². The Kier molecular flexibility index (Phi) is 3.41. The Morgan fingerprint density at radius 2 is 2.13 bits per heavy atom. The van der Waals surface area contributed by atoms with E-state index in [1.165, 1.54) is 15.6 Å². The Hall–Kier alpha value is -2.22. The van der Waals surface area contributed by atoms with Gasteiger partial charge in [0, 0.05) is 29.3 Å². The average Bonchev–Trinajstić information content (AvgIpc) is 3.02. The Labute approximate surface area is 138 Å². The van der Waals surface area contributed by atoms with Crippen molar-refractivity contribution in [2.45, 2.75) is 12.5 Å². The molecule has 4 heteroatoms. The van der Waals surface area contributed by atoms with Gasteiger partial charge < -0.3 is 4.90 Å². The van der Waals surface area contributed by atoms with E-state index in [-0.39, 0.29) is 17.3 Å². The van der Waals surface area contributed by atoms with E-state index in [2.05, 4.69) is 34.5 Å². The van der Waals surface area contributed by atoms with Crippen molar-refractivity contribution in [2.24, 2.45) is 0 Å². The lowest BCUT2D eigenvalue weighted by Gasteiger charge is -2.33. The zero-order valence-electron chi connectivity index (χ0n) is 12.7. The Balaban J connectivity index is 1.87. The molecule has 0 N–H and O–H groups in total. The van der Waals surface area contributed by atoms with Crippen LogP contribution >= 0.6 is 11.3 Å². The van der Waals surface area contributed by atoms with E-state index in [0.29, 0.717) is 12.1 Å². The number of benzene rings is 2. The molecular formula is C19H15FN2S. The molecule has 114 valence electrons. The van der Waals surface area contributed by atoms with Gasteiger partial charge in [-0.25, -0.2) is 4.39 Å². The number of thiophene rings is 1. The second-order valence-corrected chi connectivity index (χ2v) is 7.02. The maximum absolute atomic E-state index is 14.6. The van der Waals surface area contributed by atoms with Gasteiger partial charge in [0.05, 0.1) is 5.56 Å². The van der Waals surface area contributed by atoms with Crippen molar-refractivity contribution in [2.75, 3.05) is 13.6 Å². The Bertz CT molecular complexity index is 938. The van der Waals surface area contributed by atoms with Crippen molar-refractivity contribution in [3.8, 4) is 6.07 Å². The van der Waals surface area contributed by atoms with Gasteiger partial charge in [0.2, 0.25) is 0 Å². The predicted octanol–water partition coefficient (Wildman–Crippen LogP) is 4.49. The van der Waals surface area contributed by atoms with Crippen LogP contribution in [-0.2, 0) is 6.54 Å². The molecule has 0 radical (unpaired) electrons. The highest BCUT2D eigenvalue weighted by molar-refractivity contribution is 7.17. The van der Waals surface area contributed by atoms with Crippen LogP contribution < -0.4 is 0 Å². The number of rotatable bonds is 1. The van der Waals surface area contributed by atoms with Gasteiger partial charge in [-0.15, -0.1) is 11.3 Å². The predicted molar refractivity (Wildman–Crippen MR) is 91.1 cm³/mol. The zero-order chi connectivity index (χ0) is 16.0. The normalized spacial score (nSPS) is 17.9. The van der Waals surface area contributed by atoms with Crippen molar-refractivity contribution < 1.29 is 4.39 Å². The van der Waals surface area contributed by atoms with Crippen molar-refractivity contribution in [1.29, 1.82) is 5.26 Å². The minimum absolute atomic E-state index is 0.131. The van der Waals surface area contributed by atoms with Gasteiger partial charge in [-0.3, -0.25) is 0 Å². The van der Waals surface area contributed by atoms with Gasteiger partial charge in [0.1, 0.15) is 11.9 Å². The summed E-state index contributed by atoms with van der Waals surface area (Å²) in [7, 11) is 2.00. The van der Waals surface area contributed by atoms with Crippen LogP contribution in [0.5, 0.6) is 0 Å². The van der Waals surface area contributed by atoms with E-state index < -0.39 is 0 Å². The number of hydrogen-bond acceptors (Lipinski definition) is 3. The van der Waals surface area contributed by atoms with E-state index in [0.717, 1.165) is 12.1 Å². The highest BCUT2D eigenvalue weighted by atomic mass is 32.1. The molecule has 1 aromatic heterocycles. The SMILES string of the molecule is CN1Cc2c(ccc(C#N)c2F)C(c2ccc3sccc3c2)C1. The second-order valence-electron chi connectivity index (χ2n) is 6.07. The van der Waals surface area contributed by atoms with Crippen LogP contribution in [0.15, 0.2) is 41.8 Å². The summed E-state index contributed by atoms with van der Waals surface area (Å²) in [4.78, 5) is 2.12. The third-order valence-electron chi connectivity index (χ3n) is 4.58. The fraction of sp³-hybridized carbons (Fsp3) is 0.211. The molecule has 0 aliphatic carbocycles. The largest absolute Gasteiger partial charge is 0.301 e. The van der Waals surface area contributed by atoms with Crippen LogP contribution in [0.4, 0.5) is 4.39 Å². The summed E-state index contributed by atoms with van der Waals surface area (Å²) in [5.41, 5.74) is 3.00. The number of likely N-dealkylation sites (N-methyl/N-ethyl adjacent to an activating group) is 1. The van der Waals surface area contributed by atoms with Gasteiger partial charge >= 0.3 is 0 Å². The zero-order valence-corrected chi connectivity index (χ0v) is 13.5. The molecule has 0 bridgehead atoms. The summed E-state index contributed by atoms with van der Waals surface area (Å²) in [6, 6.07) is 14.1. The molecule has 3 aromatic rings. The monoisotopic (exact) mass is 322 g/mol. The molecule has 1 atom stereocenters. The highest BCUT2D eigenvalue weighted by Gasteiger charge is 2.28. The fourth-order valence-electron chi connectivity index (χ4n) is 3.44. The standard InChI is InChI=1S/C19H15FN2S/c1-22-10-16(12-3-5-18-13(8-12)6-7-23-18)15-4-2-14(9-21)19(20)17(15)11-22/h2-8,16H,10-11H2,1H3. The van der Waals surface area contributed by atoms with E-state index >= 15 is 0 Å². The van der Waals surface area contributed by atoms with E-state index in [9.17, 15) is 4.39 Å². The number of nitrogens with zero attached hydrogens (tertiary/aromatic N) is 2. The van der Waals surface area contributed by atoms with Gasteiger partial charge in [-0.05, 0) is 53.2 Å². The summed E-state index contributed by atoms with van der Waals surface area (Å²) >= 11 is 1.73. The first-order valence-electron chi connectivity index (χ1n) is 7.54. The molecule has 0 fully saturated rings. The summed E-state index contributed by atoms with van der Waals surface area (Å²) in [6.07, 6.45) is 0. The quantitative estimate of drug-likeness (QED) is 0.660. The molecule has 2 aromatic carbocycles. The lowest BCUT2D eigenvalue weighted by molar-refractivity contribution is 0.288. The Morgan fingerprint density at radius 1 is 1.26 bits per heavy atom. The van der Waals surface area contributed by atoms with E-state index in [1.807, 2.05) is 19.2 Å². The maximum atomic E-state index is 14.6. The molecule has 4 rings (SSSR count). The lowest BCUT2D eigenvalue weighted by Crippen LogP contribution is -2.32. The third-order valence-corrected chi connectivity index (χ3v) is 5.47. The van der Waals surface area contributed by atoms with Crippen molar-refractivity contribution in [3.05, 3.63) is 69.8 Å². The summed E-state index contributed by atoms with van der Waals surface area (Å²) in [6.45, 7) is 1.40. The van der Waals surface area contributed by atoms with Crippen molar-refractivity contribution in [1.82, 2.24) is 4.90 Å². The van der Waals surface area contributed by atoms with Crippen molar-refractivity contribution in [3.63, 3.8) is 0 Å². The summed E-state index contributed by atoms with van der Waals surface area (Å²) in [5, 5.41) is 12.4. The molecule has 2 heterocycles. The van der Waals surface area contributed by atoms with Crippen LogP contribution in [0.25, 0.3) is 10.1 Å². The minimum atomic E-state index is -0.363. The molecule has 1 aliphatic heterocycles. The first kappa shape index (κ1) is 14.4. The van der Waals surface area contributed by atoms with Crippen molar-refractivity contribution >= 4 is 21.4 Å². The molecule has 0 saturated carbocycles. The summed E-state index contributed by atoms with van der Waals surface area (Å²) in [5.74, 6) is -0.228. The van der Waals surface area contributed by atoms with Crippen LogP contribution in [0, 0.1) is 17.1 Å². The molecule has 2 nitrogen and oxygen atoms in total. The topological polar surface area (TPSA) is 27.0 Å². The first-order valence-corrected chi connectivity index (χ1v) is 8.42. The number of fused-ring (bicyclic) bond motifs is 2. The molecule has 1 unspecified atom stereocenters. The molecule has 0 amide bonds. The molecule has 23 heavy (non-hydrogen) atoms.